The second-order valence-electron chi connectivity index (χ2n) is 3.94. The molecular formula is C20H22FOS+. The van der Waals surface area contributed by atoms with Crippen molar-refractivity contribution in [3.8, 4) is 0 Å². The van der Waals surface area contributed by atoms with Gasteiger partial charge in [0.05, 0.1) is 18.1 Å². The summed E-state index contributed by atoms with van der Waals surface area (Å²) in [7, 11) is 0.383. The molecule has 0 heterocycles. The topological polar surface area (TPSA) is 17.1 Å². The van der Waals surface area contributed by atoms with E-state index in [2.05, 4.69) is 61.7 Å². The van der Waals surface area contributed by atoms with E-state index in [0.717, 1.165) is 0 Å². The maximum absolute atomic E-state index is 9.50. The van der Waals surface area contributed by atoms with E-state index in [1.54, 1.807) is 0 Å². The van der Waals surface area contributed by atoms with E-state index in [-0.39, 0.29) is 10.9 Å². The smallest absolute Gasteiger partial charge is 0.166 e. The lowest BCUT2D eigenvalue weighted by Crippen LogP contribution is -2.05. The molecule has 0 aliphatic heterocycles. The fourth-order valence-electron chi connectivity index (χ4n) is 1.86. The molecule has 0 atom stereocenters. The second-order valence-corrected chi connectivity index (χ2v) is 5.97. The Balaban J connectivity index is 0.00000112. The van der Waals surface area contributed by atoms with Gasteiger partial charge in [0.2, 0.25) is 0 Å². The second kappa shape index (κ2) is 13.3. The molecule has 2 rings (SSSR count). The summed E-state index contributed by atoms with van der Waals surface area (Å²) in [4.78, 5) is 11.8. The Labute approximate surface area is 141 Å². The van der Waals surface area contributed by atoms with Crippen molar-refractivity contribution in [3.05, 3.63) is 97.0 Å². The first-order chi connectivity index (χ1) is 11.4. The van der Waals surface area contributed by atoms with E-state index in [1.807, 2.05) is 37.1 Å². The first kappa shape index (κ1) is 20.6. The van der Waals surface area contributed by atoms with Gasteiger partial charge in [-0.3, -0.25) is 4.39 Å². The molecule has 0 aliphatic rings. The van der Waals surface area contributed by atoms with Crippen LogP contribution < -0.4 is 0 Å². The van der Waals surface area contributed by atoms with Crippen LogP contribution in [0.1, 0.15) is 0 Å². The maximum atomic E-state index is 9.50. The fourth-order valence-corrected chi connectivity index (χ4v) is 3.93. The molecule has 0 fully saturated rings. The summed E-state index contributed by atoms with van der Waals surface area (Å²) in [5.41, 5.74) is 0. The zero-order chi connectivity index (χ0) is 17.5. The summed E-state index contributed by atoms with van der Waals surface area (Å²) in [6, 6.07) is 21.0. The van der Waals surface area contributed by atoms with Crippen LogP contribution in [-0.4, -0.2) is 14.0 Å². The predicted octanol–water partition coefficient (Wildman–Crippen LogP) is 5.38. The van der Waals surface area contributed by atoms with Gasteiger partial charge in [0.25, 0.3) is 0 Å². The number of benzene rings is 2. The number of carbonyl (C=O) groups is 1. The number of halogens is 1. The van der Waals surface area contributed by atoms with Crippen molar-refractivity contribution in [1.29, 1.82) is 0 Å². The van der Waals surface area contributed by atoms with Gasteiger partial charge in [0, 0.05) is 0 Å². The quantitative estimate of drug-likeness (QED) is 0.532. The van der Waals surface area contributed by atoms with Gasteiger partial charge in [-0.15, -0.1) is 0 Å². The molecule has 0 unspecified atom stereocenters. The molecule has 1 nitrogen and oxygen atoms in total. The van der Waals surface area contributed by atoms with Crippen molar-refractivity contribution < 1.29 is 9.18 Å². The SMILES string of the molecule is C=C/C=C(\C=C)[S+](c1ccccc1)c1ccccc1.C=O.CF. The third-order valence-corrected chi connectivity index (χ3v) is 4.94. The van der Waals surface area contributed by atoms with Crippen molar-refractivity contribution in [2.24, 2.45) is 0 Å². The molecule has 23 heavy (non-hydrogen) atoms. The van der Waals surface area contributed by atoms with Crippen molar-refractivity contribution in [2.75, 3.05) is 7.18 Å². The molecule has 2 aromatic carbocycles. The van der Waals surface area contributed by atoms with Crippen LogP contribution in [0.3, 0.4) is 0 Å². The molecule has 2 aromatic rings. The van der Waals surface area contributed by atoms with Crippen LogP contribution in [-0.2, 0) is 15.7 Å². The lowest BCUT2D eigenvalue weighted by atomic mass is 10.4. The van der Waals surface area contributed by atoms with Crippen LogP contribution in [0.15, 0.2) is 107 Å². The molecule has 0 N–H and O–H groups in total. The number of alkyl halides is 1. The van der Waals surface area contributed by atoms with Gasteiger partial charge in [-0.1, -0.05) is 55.6 Å². The largest absolute Gasteiger partial charge is 0.307 e. The van der Waals surface area contributed by atoms with Crippen molar-refractivity contribution in [3.63, 3.8) is 0 Å². The third-order valence-electron chi connectivity index (χ3n) is 2.68. The van der Waals surface area contributed by atoms with Crippen LogP contribution in [0.2, 0.25) is 0 Å². The zero-order valence-corrected chi connectivity index (χ0v) is 14.1. The Bertz CT molecular complexity index is 554. The molecule has 0 aromatic heterocycles. The van der Waals surface area contributed by atoms with Gasteiger partial charge in [0.15, 0.2) is 14.7 Å². The molecule has 0 aliphatic carbocycles. The maximum Gasteiger partial charge on any atom is 0.166 e. The molecule has 0 radical (unpaired) electrons. The third kappa shape index (κ3) is 6.49. The van der Waals surface area contributed by atoms with Crippen LogP contribution in [0, 0.1) is 0 Å². The summed E-state index contributed by atoms with van der Waals surface area (Å²) in [6.07, 6.45) is 5.78. The van der Waals surface area contributed by atoms with Gasteiger partial charge in [-0.05, 0) is 36.4 Å². The van der Waals surface area contributed by atoms with Crippen molar-refractivity contribution in [2.45, 2.75) is 9.79 Å². The highest BCUT2D eigenvalue weighted by Gasteiger charge is 2.28. The Morgan fingerprint density at radius 1 is 0.870 bits per heavy atom. The Morgan fingerprint density at radius 3 is 1.57 bits per heavy atom. The van der Waals surface area contributed by atoms with Crippen molar-refractivity contribution >= 4 is 17.7 Å². The standard InChI is InChI=1S/C18H17S.CH3F.CH2O/c1-3-11-16(4-2)19(17-12-7-5-8-13-17)18-14-9-6-10-15-18;2*1-2/h3-15H,1-2H2;1H3;1H2/q+1;;/b16-11+;;. The molecule has 0 amide bonds. The number of hydrogen-bond donors (Lipinski definition) is 0. The highest BCUT2D eigenvalue weighted by Crippen LogP contribution is 2.30. The highest BCUT2D eigenvalue weighted by atomic mass is 32.2. The van der Waals surface area contributed by atoms with Crippen LogP contribution >= 0.6 is 0 Å². The summed E-state index contributed by atoms with van der Waals surface area (Å²) < 4.78 is 9.50. The molecule has 120 valence electrons. The van der Waals surface area contributed by atoms with Crippen molar-refractivity contribution in [1.82, 2.24) is 0 Å². The average Bonchev–Trinajstić information content (AvgIpc) is 2.66. The minimum atomic E-state index is -0.117. The number of carbonyl (C=O) groups excluding carboxylic acids is 1. The van der Waals surface area contributed by atoms with E-state index in [0.29, 0.717) is 7.18 Å². The van der Waals surface area contributed by atoms with Crippen LogP contribution in [0.25, 0.3) is 0 Å². The Kier molecular flexibility index (Phi) is 11.9. The molecule has 0 saturated heterocycles. The lowest BCUT2D eigenvalue weighted by Gasteiger charge is -2.07. The normalized spacial score (nSPS) is 9.78. The van der Waals surface area contributed by atoms with Gasteiger partial charge in [-0.2, -0.15) is 0 Å². The lowest BCUT2D eigenvalue weighted by molar-refractivity contribution is -0.0979. The summed E-state index contributed by atoms with van der Waals surface area (Å²) >= 11 is 0. The summed E-state index contributed by atoms with van der Waals surface area (Å²) in [6.45, 7) is 9.74. The van der Waals surface area contributed by atoms with Crippen LogP contribution in [0.4, 0.5) is 4.39 Å². The van der Waals surface area contributed by atoms with E-state index in [4.69, 9.17) is 4.79 Å². The van der Waals surface area contributed by atoms with Crippen LogP contribution in [0.5, 0.6) is 0 Å². The molecule has 3 heteroatoms. The Morgan fingerprint density at radius 2 is 1.26 bits per heavy atom. The van der Waals surface area contributed by atoms with Gasteiger partial charge < -0.3 is 4.79 Å². The summed E-state index contributed by atoms with van der Waals surface area (Å²) in [5, 5.41) is 0. The minimum absolute atomic E-state index is 0.117. The number of allylic oxidation sites excluding steroid dienone is 3. The fraction of sp³-hybridized carbons (Fsp3) is 0.0500. The molecule has 0 spiro atoms. The van der Waals surface area contributed by atoms with Gasteiger partial charge in [-0.25, -0.2) is 0 Å². The average molecular weight is 329 g/mol. The first-order valence-electron chi connectivity index (χ1n) is 6.83. The number of rotatable bonds is 5. The van der Waals surface area contributed by atoms with Gasteiger partial charge in [0.1, 0.15) is 6.79 Å². The zero-order valence-electron chi connectivity index (χ0n) is 13.3. The molecular weight excluding hydrogens is 307 g/mol. The van der Waals surface area contributed by atoms with Gasteiger partial charge >= 0.3 is 0 Å². The predicted molar refractivity (Wildman–Crippen MR) is 99.4 cm³/mol. The van der Waals surface area contributed by atoms with E-state index in [1.165, 1.54) is 14.7 Å². The Hall–Kier alpha value is -2.39. The first-order valence-corrected chi connectivity index (χ1v) is 8.05. The number of hydrogen-bond acceptors (Lipinski definition) is 1. The van der Waals surface area contributed by atoms with E-state index < -0.39 is 0 Å². The van der Waals surface area contributed by atoms with E-state index in [9.17, 15) is 4.39 Å². The summed E-state index contributed by atoms with van der Waals surface area (Å²) in [5.74, 6) is 0. The highest BCUT2D eigenvalue weighted by molar-refractivity contribution is 8.00. The monoisotopic (exact) mass is 329 g/mol. The molecule has 0 saturated carbocycles. The minimum Gasteiger partial charge on any atom is -0.307 e. The molecule has 0 bridgehead atoms. The van der Waals surface area contributed by atoms with E-state index >= 15 is 0 Å².